The summed E-state index contributed by atoms with van der Waals surface area (Å²) in [6.45, 7) is 6.80. The summed E-state index contributed by atoms with van der Waals surface area (Å²) in [7, 11) is 0. The van der Waals surface area contributed by atoms with Gasteiger partial charge in [-0.05, 0) is 30.4 Å². The van der Waals surface area contributed by atoms with E-state index in [-0.39, 0.29) is 18.1 Å². The molecule has 1 N–H and O–H groups in total. The Balaban J connectivity index is 1.98. The Bertz CT molecular complexity index is 428. The third-order valence-electron chi connectivity index (χ3n) is 3.61. The van der Waals surface area contributed by atoms with E-state index in [0.29, 0.717) is 5.92 Å². The number of hydrogen-bond acceptors (Lipinski definition) is 3. The van der Waals surface area contributed by atoms with E-state index in [0.717, 1.165) is 13.0 Å². The van der Waals surface area contributed by atoms with Gasteiger partial charge < -0.3 is 10.1 Å². The first-order valence-electron chi connectivity index (χ1n) is 6.58. The standard InChI is InChI=1S/C15H21NO2/c1-10(2)11(3)18-15(17)14-8-12-6-4-5-7-13(12)9-16-14/h4-7,10-11,14,16H,8-9H2,1-3H3/t11?,14-/m1/s1. The third kappa shape index (κ3) is 2.91. The molecule has 3 nitrogen and oxygen atoms in total. The fraction of sp³-hybridized carbons (Fsp3) is 0.533. The molecule has 0 aromatic heterocycles. The Morgan fingerprint density at radius 3 is 2.61 bits per heavy atom. The van der Waals surface area contributed by atoms with Crippen molar-refractivity contribution in [2.75, 3.05) is 0 Å². The number of carbonyl (C=O) groups excluding carboxylic acids is 1. The molecule has 0 saturated carbocycles. The van der Waals surface area contributed by atoms with E-state index < -0.39 is 0 Å². The molecular formula is C15H21NO2. The molecule has 1 aliphatic rings. The van der Waals surface area contributed by atoms with Gasteiger partial charge in [-0.3, -0.25) is 4.79 Å². The molecule has 0 radical (unpaired) electrons. The van der Waals surface area contributed by atoms with Crippen molar-refractivity contribution in [1.29, 1.82) is 0 Å². The maximum Gasteiger partial charge on any atom is 0.323 e. The van der Waals surface area contributed by atoms with Crippen LogP contribution in [0.4, 0.5) is 0 Å². The van der Waals surface area contributed by atoms with E-state index in [1.807, 2.05) is 19.1 Å². The number of nitrogens with one attached hydrogen (secondary N) is 1. The van der Waals surface area contributed by atoms with E-state index in [9.17, 15) is 4.79 Å². The topological polar surface area (TPSA) is 38.3 Å². The number of rotatable bonds is 3. The normalized spacial score (nSPS) is 20.3. The minimum absolute atomic E-state index is 0.0310. The van der Waals surface area contributed by atoms with Crippen LogP contribution in [0.2, 0.25) is 0 Å². The highest BCUT2D eigenvalue weighted by atomic mass is 16.5. The smallest absolute Gasteiger partial charge is 0.323 e. The summed E-state index contributed by atoms with van der Waals surface area (Å²) in [6.07, 6.45) is 0.691. The molecule has 98 valence electrons. The molecule has 2 atom stereocenters. The summed E-state index contributed by atoms with van der Waals surface area (Å²) in [6, 6.07) is 8.02. The van der Waals surface area contributed by atoms with Crippen LogP contribution in [-0.2, 0) is 22.5 Å². The zero-order valence-electron chi connectivity index (χ0n) is 11.3. The number of ether oxygens (including phenoxy) is 1. The minimum Gasteiger partial charge on any atom is -0.461 e. The van der Waals surface area contributed by atoms with Crippen molar-refractivity contribution in [3.63, 3.8) is 0 Å². The number of benzene rings is 1. The highest BCUT2D eigenvalue weighted by molar-refractivity contribution is 5.76. The highest BCUT2D eigenvalue weighted by Gasteiger charge is 2.26. The molecule has 0 bridgehead atoms. The van der Waals surface area contributed by atoms with Gasteiger partial charge >= 0.3 is 5.97 Å². The van der Waals surface area contributed by atoms with E-state index in [4.69, 9.17) is 4.74 Å². The first-order valence-corrected chi connectivity index (χ1v) is 6.58. The average Bonchev–Trinajstić information content (AvgIpc) is 2.37. The van der Waals surface area contributed by atoms with Gasteiger partial charge in [0.1, 0.15) is 12.1 Å². The van der Waals surface area contributed by atoms with Crippen molar-refractivity contribution in [2.45, 2.75) is 45.9 Å². The lowest BCUT2D eigenvalue weighted by atomic mass is 9.96. The van der Waals surface area contributed by atoms with Gasteiger partial charge in [-0.1, -0.05) is 38.1 Å². The molecule has 1 aromatic rings. The zero-order valence-corrected chi connectivity index (χ0v) is 11.3. The molecule has 1 aliphatic heterocycles. The average molecular weight is 247 g/mol. The molecule has 0 saturated heterocycles. The Labute approximate surface area is 109 Å². The quantitative estimate of drug-likeness (QED) is 0.833. The first-order chi connectivity index (χ1) is 8.58. The van der Waals surface area contributed by atoms with Crippen LogP contribution >= 0.6 is 0 Å². The second kappa shape index (κ2) is 5.53. The van der Waals surface area contributed by atoms with Gasteiger partial charge in [0.05, 0.1) is 0 Å². The molecule has 0 spiro atoms. The highest BCUT2D eigenvalue weighted by Crippen LogP contribution is 2.17. The Morgan fingerprint density at radius 2 is 1.94 bits per heavy atom. The summed E-state index contributed by atoms with van der Waals surface area (Å²) in [5, 5.41) is 3.24. The van der Waals surface area contributed by atoms with Crippen molar-refractivity contribution < 1.29 is 9.53 Å². The number of hydrogen-bond donors (Lipinski definition) is 1. The van der Waals surface area contributed by atoms with Crippen LogP contribution < -0.4 is 5.32 Å². The monoisotopic (exact) mass is 247 g/mol. The van der Waals surface area contributed by atoms with Crippen LogP contribution in [-0.4, -0.2) is 18.1 Å². The van der Waals surface area contributed by atoms with E-state index >= 15 is 0 Å². The maximum absolute atomic E-state index is 12.0. The molecule has 1 heterocycles. The molecule has 0 aliphatic carbocycles. The molecule has 1 aromatic carbocycles. The van der Waals surface area contributed by atoms with E-state index in [1.165, 1.54) is 11.1 Å². The first kappa shape index (κ1) is 13.1. The lowest BCUT2D eigenvalue weighted by molar-refractivity contribution is -0.153. The number of carbonyl (C=O) groups is 1. The fourth-order valence-electron chi connectivity index (χ4n) is 2.02. The molecule has 0 fully saturated rings. The number of esters is 1. The van der Waals surface area contributed by atoms with Crippen molar-refractivity contribution >= 4 is 5.97 Å². The van der Waals surface area contributed by atoms with Crippen LogP contribution in [0.1, 0.15) is 31.9 Å². The molecule has 18 heavy (non-hydrogen) atoms. The van der Waals surface area contributed by atoms with Crippen molar-refractivity contribution in [3.05, 3.63) is 35.4 Å². The summed E-state index contributed by atoms with van der Waals surface area (Å²) >= 11 is 0. The maximum atomic E-state index is 12.0. The molecule has 2 rings (SSSR count). The second-order valence-corrected chi connectivity index (χ2v) is 5.29. The summed E-state index contributed by atoms with van der Waals surface area (Å²) in [4.78, 5) is 12.0. The van der Waals surface area contributed by atoms with Gasteiger partial charge in [0.2, 0.25) is 0 Å². The Morgan fingerprint density at radius 1 is 1.28 bits per heavy atom. The molecular weight excluding hydrogens is 226 g/mol. The predicted octanol–water partition coefficient (Wildman–Crippen LogP) is 2.29. The van der Waals surface area contributed by atoms with Crippen molar-refractivity contribution in [3.8, 4) is 0 Å². The molecule has 0 amide bonds. The van der Waals surface area contributed by atoms with Gasteiger partial charge in [0.15, 0.2) is 0 Å². The van der Waals surface area contributed by atoms with Gasteiger partial charge in [-0.25, -0.2) is 0 Å². The lowest BCUT2D eigenvalue weighted by Gasteiger charge is -2.26. The molecule has 3 heteroatoms. The van der Waals surface area contributed by atoms with Crippen LogP contribution in [0, 0.1) is 5.92 Å². The Hall–Kier alpha value is -1.35. The van der Waals surface area contributed by atoms with Gasteiger partial charge in [0, 0.05) is 6.54 Å². The second-order valence-electron chi connectivity index (χ2n) is 5.29. The number of fused-ring (bicyclic) bond motifs is 1. The zero-order chi connectivity index (χ0) is 13.1. The minimum atomic E-state index is -0.207. The van der Waals surface area contributed by atoms with Crippen molar-refractivity contribution in [1.82, 2.24) is 5.32 Å². The predicted molar refractivity (Wildman–Crippen MR) is 71.2 cm³/mol. The molecule has 1 unspecified atom stereocenters. The summed E-state index contributed by atoms with van der Waals surface area (Å²) in [5.74, 6) is 0.218. The van der Waals surface area contributed by atoms with E-state index in [1.54, 1.807) is 0 Å². The van der Waals surface area contributed by atoms with Crippen LogP contribution in [0.5, 0.6) is 0 Å². The Kier molecular flexibility index (Phi) is 4.02. The van der Waals surface area contributed by atoms with Crippen LogP contribution in [0.25, 0.3) is 0 Å². The van der Waals surface area contributed by atoms with Gasteiger partial charge in [-0.15, -0.1) is 0 Å². The lowest BCUT2D eigenvalue weighted by Crippen LogP contribution is -2.44. The SMILES string of the molecule is CC(C)C(C)OC(=O)[C@H]1Cc2ccccc2CN1. The van der Waals surface area contributed by atoms with Gasteiger partial charge in [-0.2, -0.15) is 0 Å². The summed E-state index contributed by atoms with van der Waals surface area (Å²) < 4.78 is 5.46. The van der Waals surface area contributed by atoms with Crippen LogP contribution in [0.15, 0.2) is 24.3 Å². The van der Waals surface area contributed by atoms with E-state index in [2.05, 4.69) is 31.3 Å². The van der Waals surface area contributed by atoms with Gasteiger partial charge in [0.25, 0.3) is 0 Å². The van der Waals surface area contributed by atoms with Crippen LogP contribution in [0.3, 0.4) is 0 Å². The summed E-state index contributed by atoms with van der Waals surface area (Å²) in [5.41, 5.74) is 2.52. The fourth-order valence-corrected chi connectivity index (χ4v) is 2.02. The third-order valence-corrected chi connectivity index (χ3v) is 3.61. The largest absolute Gasteiger partial charge is 0.461 e. The van der Waals surface area contributed by atoms with Crippen molar-refractivity contribution in [2.24, 2.45) is 5.92 Å².